The summed E-state index contributed by atoms with van der Waals surface area (Å²) in [6.07, 6.45) is 14.4. The molecule has 0 bridgehead atoms. The van der Waals surface area contributed by atoms with E-state index in [0.29, 0.717) is 23.1 Å². The third kappa shape index (κ3) is 6.06. The van der Waals surface area contributed by atoms with Gasteiger partial charge in [-0.25, -0.2) is 17.6 Å². The largest absolute Gasteiger partial charge is 0.203 e. The van der Waals surface area contributed by atoms with Crippen LogP contribution in [-0.2, 0) is 6.42 Å². The third-order valence-electron chi connectivity index (χ3n) is 8.76. The lowest BCUT2D eigenvalue weighted by atomic mass is 9.75. The van der Waals surface area contributed by atoms with Crippen molar-refractivity contribution < 1.29 is 17.6 Å². The summed E-state index contributed by atoms with van der Waals surface area (Å²) in [6.45, 7) is 4.23. The number of aryl methyl sites for hydroxylation is 1. The molecule has 0 amide bonds. The molecule has 2 aromatic rings. The first-order valence-corrected chi connectivity index (χ1v) is 14.1. The van der Waals surface area contributed by atoms with Crippen LogP contribution in [0.4, 0.5) is 17.6 Å². The summed E-state index contributed by atoms with van der Waals surface area (Å²) in [5, 5.41) is 0. The van der Waals surface area contributed by atoms with E-state index in [1.54, 1.807) is 18.2 Å². The summed E-state index contributed by atoms with van der Waals surface area (Å²) in [6, 6.07) is 6.98. The van der Waals surface area contributed by atoms with Gasteiger partial charge in [-0.05, 0) is 105 Å². The zero-order chi connectivity index (χ0) is 25.7. The van der Waals surface area contributed by atoms with Gasteiger partial charge in [0.15, 0.2) is 23.3 Å². The zero-order valence-electron chi connectivity index (χ0n) is 21.8. The Balaban J connectivity index is 1.36. The second-order valence-corrected chi connectivity index (χ2v) is 11.0. The van der Waals surface area contributed by atoms with Crippen molar-refractivity contribution in [2.45, 2.75) is 103 Å². The first-order chi connectivity index (χ1) is 17.4. The van der Waals surface area contributed by atoms with Crippen LogP contribution in [0.15, 0.2) is 30.3 Å². The van der Waals surface area contributed by atoms with Crippen LogP contribution < -0.4 is 0 Å². The molecule has 0 aliphatic heterocycles. The van der Waals surface area contributed by atoms with Crippen LogP contribution >= 0.6 is 0 Å². The van der Waals surface area contributed by atoms with Gasteiger partial charge >= 0.3 is 0 Å². The van der Waals surface area contributed by atoms with Crippen molar-refractivity contribution in [3.8, 4) is 0 Å². The average molecular weight is 501 g/mol. The van der Waals surface area contributed by atoms with Crippen LogP contribution in [0.1, 0.15) is 119 Å². The highest BCUT2D eigenvalue weighted by Gasteiger charge is 2.29. The van der Waals surface area contributed by atoms with Crippen molar-refractivity contribution >= 4 is 6.08 Å². The highest BCUT2D eigenvalue weighted by molar-refractivity contribution is 5.51. The van der Waals surface area contributed by atoms with E-state index in [0.717, 1.165) is 76.5 Å². The Morgan fingerprint density at radius 3 is 1.83 bits per heavy atom. The molecule has 2 aromatic carbocycles. The van der Waals surface area contributed by atoms with Gasteiger partial charge in [-0.2, -0.15) is 0 Å². The van der Waals surface area contributed by atoms with Crippen molar-refractivity contribution in [3.05, 3.63) is 75.9 Å². The number of unbranched alkanes of at least 4 members (excludes halogenated alkanes) is 1. The standard InChI is InChI=1S/C32H40F4/c1-3-5-6-25-17-18-26(30(34)29(25)33)16-11-22-9-14-24(15-10-22)28-20-19-27(31(35)32(28)36)23-12-7-21(4-2)8-13-23/h11,16-24H,3-10,12-15H2,1-2H3. The quantitative estimate of drug-likeness (QED) is 0.316. The summed E-state index contributed by atoms with van der Waals surface area (Å²) in [4.78, 5) is 0. The summed E-state index contributed by atoms with van der Waals surface area (Å²) >= 11 is 0. The van der Waals surface area contributed by atoms with Gasteiger partial charge in [0.1, 0.15) is 0 Å². The Morgan fingerprint density at radius 2 is 1.28 bits per heavy atom. The average Bonchev–Trinajstić information content (AvgIpc) is 2.91. The molecule has 0 heterocycles. The topological polar surface area (TPSA) is 0 Å². The second-order valence-electron chi connectivity index (χ2n) is 11.0. The Morgan fingerprint density at radius 1 is 0.694 bits per heavy atom. The fourth-order valence-corrected chi connectivity index (χ4v) is 6.25. The molecular weight excluding hydrogens is 460 g/mol. The molecule has 0 aromatic heterocycles. The van der Waals surface area contributed by atoms with Crippen molar-refractivity contribution in [3.63, 3.8) is 0 Å². The minimum absolute atomic E-state index is 0.000979. The lowest BCUT2D eigenvalue weighted by Gasteiger charge is -2.30. The molecule has 2 aliphatic rings. The van der Waals surface area contributed by atoms with Crippen molar-refractivity contribution in [2.75, 3.05) is 0 Å². The number of hydrogen-bond donors (Lipinski definition) is 0. The molecule has 0 spiro atoms. The third-order valence-corrected chi connectivity index (χ3v) is 8.76. The Bertz CT molecular complexity index is 1040. The van der Waals surface area contributed by atoms with E-state index in [1.165, 1.54) is 0 Å². The highest BCUT2D eigenvalue weighted by atomic mass is 19.2. The molecule has 2 saturated carbocycles. The van der Waals surface area contributed by atoms with Crippen LogP contribution in [0.2, 0.25) is 0 Å². The van der Waals surface area contributed by atoms with Crippen LogP contribution in [0, 0.1) is 35.1 Å². The maximum atomic E-state index is 15.1. The van der Waals surface area contributed by atoms with E-state index in [1.807, 2.05) is 25.1 Å². The SMILES string of the molecule is CCCCc1ccc(C=CC2CCC(c3ccc(C4CCC(CC)CC4)c(F)c3F)CC2)c(F)c1F. The molecule has 4 rings (SSSR count). The Hall–Kier alpha value is -2.10. The molecule has 2 aliphatic carbocycles. The van der Waals surface area contributed by atoms with Crippen LogP contribution in [0.25, 0.3) is 6.08 Å². The van der Waals surface area contributed by atoms with Crippen molar-refractivity contribution in [1.82, 2.24) is 0 Å². The maximum absolute atomic E-state index is 15.1. The normalized spacial score (nSPS) is 24.9. The molecule has 0 saturated heterocycles. The van der Waals surface area contributed by atoms with E-state index < -0.39 is 23.3 Å². The van der Waals surface area contributed by atoms with E-state index in [-0.39, 0.29) is 23.3 Å². The van der Waals surface area contributed by atoms with Gasteiger partial charge in [-0.15, -0.1) is 0 Å². The molecule has 0 unspecified atom stereocenters. The van der Waals surface area contributed by atoms with Crippen molar-refractivity contribution in [1.29, 1.82) is 0 Å². The van der Waals surface area contributed by atoms with E-state index in [4.69, 9.17) is 0 Å². The van der Waals surface area contributed by atoms with Gasteiger partial charge in [0.2, 0.25) is 0 Å². The molecule has 0 atom stereocenters. The number of halogens is 4. The summed E-state index contributed by atoms with van der Waals surface area (Å²) < 4.78 is 59.1. The Kier molecular flexibility index (Phi) is 9.30. The van der Waals surface area contributed by atoms with Crippen LogP contribution in [-0.4, -0.2) is 0 Å². The van der Waals surface area contributed by atoms with Crippen molar-refractivity contribution in [2.24, 2.45) is 11.8 Å². The first-order valence-electron chi connectivity index (χ1n) is 14.1. The lowest BCUT2D eigenvalue weighted by Crippen LogP contribution is -2.16. The van der Waals surface area contributed by atoms with Gasteiger partial charge in [0, 0.05) is 5.56 Å². The number of allylic oxidation sites excluding steroid dienone is 1. The van der Waals surface area contributed by atoms with Gasteiger partial charge < -0.3 is 0 Å². The molecule has 0 radical (unpaired) electrons. The lowest BCUT2D eigenvalue weighted by molar-refractivity contribution is 0.311. The predicted octanol–water partition coefficient (Wildman–Crippen LogP) is 10.3. The summed E-state index contributed by atoms with van der Waals surface area (Å²) in [5.41, 5.74) is 1.75. The zero-order valence-corrected chi connectivity index (χ0v) is 21.8. The predicted molar refractivity (Wildman–Crippen MR) is 140 cm³/mol. The second kappa shape index (κ2) is 12.4. The molecule has 0 nitrogen and oxygen atoms in total. The van der Waals surface area contributed by atoms with E-state index >= 15 is 8.78 Å². The number of hydrogen-bond acceptors (Lipinski definition) is 0. The maximum Gasteiger partial charge on any atom is 0.166 e. The molecule has 0 N–H and O–H groups in total. The summed E-state index contributed by atoms with van der Waals surface area (Å²) in [5.74, 6) is -1.76. The first kappa shape index (κ1) is 26.9. The van der Waals surface area contributed by atoms with Gasteiger partial charge in [-0.3, -0.25) is 0 Å². The molecule has 4 heteroatoms. The van der Waals surface area contributed by atoms with E-state index in [2.05, 4.69) is 6.92 Å². The van der Waals surface area contributed by atoms with E-state index in [9.17, 15) is 8.78 Å². The van der Waals surface area contributed by atoms with Gasteiger partial charge in [-0.1, -0.05) is 63.1 Å². The van der Waals surface area contributed by atoms with Crippen LogP contribution in [0.5, 0.6) is 0 Å². The minimum atomic E-state index is -0.783. The monoisotopic (exact) mass is 500 g/mol. The fraction of sp³-hybridized carbons (Fsp3) is 0.562. The Labute approximate surface area is 214 Å². The molecule has 196 valence electrons. The molecular formula is C32H40F4. The molecule has 2 fully saturated rings. The van der Waals surface area contributed by atoms with Gasteiger partial charge in [0.05, 0.1) is 0 Å². The van der Waals surface area contributed by atoms with Crippen LogP contribution in [0.3, 0.4) is 0 Å². The fourth-order valence-electron chi connectivity index (χ4n) is 6.25. The highest BCUT2D eigenvalue weighted by Crippen LogP contribution is 2.42. The number of rotatable bonds is 8. The number of benzene rings is 2. The summed E-state index contributed by atoms with van der Waals surface area (Å²) in [7, 11) is 0. The molecule has 36 heavy (non-hydrogen) atoms. The van der Waals surface area contributed by atoms with Gasteiger partial charge in [0.25, 0.3) is 0 Å². The minimum Gasteiger partial charge on any atom is -0.203 e. The smallest absolute Gasteiger partial charge is 0.166 e.